The number of hydrogen-bond acceptors (Lipinski definition) is 4. The van der Waals surface area contributed by atoms with Crippen molar-refractivity contribution >= 4 is 5.97 Å². The van der Waals surface area contributed by atoms with E-state index in [0.717, 1.165) is 5.56 Å². The van der Waals surface area contributed by atoms with Gasteiger partial charge in [-0.25, -0.2) is 4.79 Å². The number of carbonyl (C=O) groups excluding carboxylic acids is 1. The molecule has 4 heteroatoms. The van der Waals surface area contributed by atoms with Crippen molar-refractivity contribution in [2.24, 2.45) is 5.73 Å². The number of rotatable bonds is 4. The van der Waals surface area contributed by atoms with Crippen LogP contribution in [0, 0.1) is 6.92 Å². The van der Waals surface area contributed by atoms with E-state index >= 15 is 0 Å². The number of nitrogens with two attached hydrogens (primary N) is 1. The van der Waals surface area contributed by atoms with Crippen molar-refractivity contribution in [3.8, 4) is 5.75 Å². The quantitative estimate of drug-likeness (QED) is 0.786. The standard InChI is InChI=1S/C12H17NO3/c1-8-4-10(12(14)15-3)6-11(5-8)16-9(2)7-13/h4-6,9H,7,13H2,1-3H3. The molecule has 1 aromatic carbocycles. The Morgan fingerprint density at radius 3 is 2.69 bits per heavy atom. The molecule has 1 rings (SSSR count). The average molecular weight is 223 g/mol. The maximum absolute atomic E-state index is 11.4. The van der Waals surface area contributed by atoms with E-state index in [9.17, 15) is 4.79 Å². The monoisotopic (exact) mass is 223 g/mol. The molecular weight excluding hydrogens is 206 g/mol. The minimum atomic E-state index is -0.367. The van der Waals surface area contributed by atoms with Gasteiger partial charge in [0.2, 0.25) is 0 Å². The molecule has 16 heavy (non-hydrogen) atoms. The topological polar surface area (TPSA) is 61.5 Å². The van der Waals surface area contributed by atoms with E-state index in [4.69, 9.17) is 10.5 Å². The van der Waals surface area contributed by atoms with Crippen molar-refractivity contribution in [1.29, 1.82) is 0 Å². The summed E-state index contributed by atoms with van der Waals surface area (Å²) in [7, 11) is 1.35. The van der Waals surface area contributed by atoms with Crippen LogP contribution in [0.15, 0.2) is 18.2 Å². The van der Waals surface area contributed by atoms with Crippen molar-refractivity contribution < 1.29 is 14.3 Å². The number of esters is 1. The molecule has 0 radical (unpaired) electrons. The van der Waals surface area contributed by atoms with Crippen LogP contribution in [-0.4, -0.2) is 25.7 Å². The highest BCUT2D eigenvalue weighted by molar-refractivity contribution is 5.90. The van der Waals surface area contributed by atoms with Crippen LogP contribution in [-0.2, 0) is 4.74 Å². The van der Waals surface area contributed by atoms with Crippen molar-refractivity contribution in [2.45, 2.75) is 20.0 Å². The Morgan fingerprint density at radius 2 is 2.12 bits per heavy atom. The molecule has 0 bridgehead atoms. The van der Waals surface area contributed by atoms with E-state index in [-0.39, 0.29) is 12.1 Å². The van der Waals surface area contributed by atoms with Crippen molar-refractivity contribution in [3.05, 3.63) is 29.3 Å². The summed E-state index contributed by atoms with van der Waals surface area (Å²) < 4.78 is 10.2. The summed E-state index contributed by atoms with van der Waals surface area (Å²) in [6.45, 7) is 4.20. The van der Waals surface area contributed by atoms with Gasteiger partial charge in [0.05, 0.1) is 12.7 Å². The minimum Gasteiger partial charge on any atom is -0.489 e. The Kier molecular flexibility index (Phi) is 4.31. The highest BCUT2D eigenvalue weighted by atomic mass is 16.5. The van der Waals surface area contributed by atoms with Crippen LogP contribution in [0.5, 0.6) is 5.75 Å². The molecule has 0 heterocycles. The first-order valence-corrected chi connectivity index (χ1v) is 5.13. The van der Waals surface area contributed by atoms with Crippen LogP contribution < -0.4 is 10.5 Å². The molecule has 0 spiro atoms. The predicted octanol–water partition coefficient (Wildman–Crippen LogP) is 1.51. The Morgan fingerprint density at radius 1 is 1.44 bits per heavy atom. The largest absolute Gasteiger partial charge is 0.489 e. The SMILES string of the molecule is COC(=O)c1cc(C)cc(OC(C)CN)c1. The third kappa shape index (κ3) is 3.24. The van der Waals surface area contributed by atoms with Crippen molar-refractivity contribution in [1.82, 2.24) is 0 Å². The van der Waals surface area contributed by atoms with E-state index in [1.165, 1.54) is 7.11 Å². The summed E-state index contributed by atoms with van der Waals surface area (Å²) in [5.41, 5.74) is 6.90. The second-order valence-electron chi connectivity index (χ2n) is 3.69. The van der Waals surface area contributed by atoms with Gasteiger partial charge in [0, 0.05) is 6.54 Å². The maximum atomic E-state index is 11.4. The summed E-state index contributed by atoms with van der Waals surface area (Å²) in [6, 6.07) is 5.27. The number of methoxy groups -OCH3 is 1. The molecule has 4 nitrogen and oxygen atoms in total. The lowest BCUT2D eigenvalue weighted by molar-refractivity contribution is 0.0600. The van der Waals surface area contributed by atoms with Crippen molar-refractivity contribution in [3.63, 3.8) is 0 Å². The van der Waals surface area contributed by atoms with E-state index in [2.05, 4.69) is 4.74 Å². The summed E-state index contributed by atoms with van der Waals surface area (Å²) in [5, 5.41) is 0. The van der Waals surface area contributed by atoms with Gasteiger partial charge in [-0.1, -0.05) is 0 Å². The fraction of sp³-hybridized carbons (Fsp3) is 0.417. The molecule has 2 N–H and O–H groups in total. The van der Waals surface area contributed by atoms with E-state index in [0.29, 0.717) is 17.9 Å². The second kappa shape index (κ2) is 5.51. The van der Waals surface area contributed by atoms with Crippen LogP contribution >= 0.6 is 0 Å². The van der Waals surface area contributed by atoms with Gasteiger partial charge in [-0.15, -0.1) is 0 Å². The molecule has 88 valence electrons. The first-order chi connectivity index (χ1) is 7.56. The van der Waals surface area contributed by atoms with Crippen LogP contribution in [0.2, 0.25) is 0 Å². The van der Waals surface area contributed by atoms with Crippen LogP contribution in [0.25, 0.3) is 0 Å². The molecular formula is C12H17NO3. The van der Waals surface area contributed by atoms with Crippen molar-refractivity contribution in [2.75, 3.05) is 13.7 Å². The van der Waals surface area contributed by atoms with Crippen LogP contribution in [0.3, 0.4) is 0 Å². The normalized spacial score (nSPS) is 12.0. The van der Waals surface area contributed by atoms with E-state index in [1.54, 1.807) is 12.1 Å². The molecule has 0 aliphatic heterocycles. The Balaban J connectivity index is 2.94. The molecule has 0 aliphatic carbocycles. The summed E-state index contributed by atoms with van der Waals surface area (Å²) in [5.74, 6) is 0.271. The van der Waals surface area contributed by atoms with Gasteiger partial charge in [-0.05, 0) is 37.6 Å². The predicted molar refractivity (Wildman–Crippen MR) is 61.7 cm³/mol. The molecule has 1 aromatic rings. The molecule has 0 saturated carbocycles. The smallest absolute Gasteiger partial charge is 0.337 e. The Labute approximate surface area is 95.3 Å². The van der Waals surface area contributed by atoms with Crippen LogP contribution in [0.1, 0.15) is 22.8 Å². The summed E-state index contributed by atoms with van der Waals surface area (Å²) >= 11 is 0. The van der Waals surface area contributed by atoms with Gasteiger partial charge >= 0.3 is 5.97 Å². The number of ether oxygens (including phenoxy) is 2. The zero-order chi connectivity index (χ0) is 12.1. The van der Waals surface area contributed by atoms with Gasteiger partial charge in [-0.2, -0.15) is 0 Å². The number of benzene rings is 1. The number of aryl methyl sites for hydroxylation is 1. The van der Waals surface area contributed by atoms with E-state index in [1.807, 2.05) is 19.9 Å². The first-order valence-electron chi connectivity index (χ1n) is 5.13. The first kappa shape index (κ1) is 12.5. The van der Waals surface area contributed by atoms with Gasteiger partial charge in [-0.3, -0.25) is 0 Å². The third-order valence-electron chi connectivity index (χ3n) is 2.14. The van der Waals surface area contributed by atoms with Crippen LogP contribution in [0.4, 0.5) is 0 Å². The zero-order valence-corrected chi connectivity index (χ0v) is 9.82. The lowest BCUT2D eigenvalue weighted by Crippen LogP contribution is -2.23. The summed E-state index contributed by atoms with van der Waals surface area (Å²) in [4.78, 5) is 11.4. The molecule has 1 unspecified atom stereocenters. The maximum Gasteiger partial charge on any atom is 0.337 e. The lowest BCUT2D eigenvalue weighted by atomic mass is 10.1. The molecule has 0 amide bonds. The average Bonchev–Trinajstić information content (AvgIpc) is 2.27. The molecule has 1 atom stereocenters. The Bertz CT molecular complexity index is 377. The fourth-order valence-corrected chi connectivity index (χ4v) is 1.33. The number of carbonyl (C=O) groups is 1. The fourth-order valence-electron chi connectivity index (χ4n) is 1.33. The molecule has 0 saturated heterocycles. The van der Waals surface area contributed by atoms with Gasteiger partial charge in [0.1, 0.15) is 11.9 Å². The van der Waals surface area contributed by atoms with Gasteiger partial charge < -0.3 is 15.2 Å². The Hall–Kier alpha value is -1.55. The van der Waals surface area contributed by atoms with Gasteiger partial charge in [0.25, 0.3) is 0 Å². The minimum absolute atomic E-state index is 0.0766. The number of hydrogen-bond donors (Lipinski definition) is 1. The second-order valence-corrected chi connectivity index (χ2v) is 3.69. The molecule has 0 aromatic heterocycles. The third-order valence-corrected chi connectivity index (χ3v) is 2.14. The highest BCUT2D eigenvalue weighted by Gasteiger charge is 2.09. The molecule has 0 fully saturated rings. The summed E-state index contributed by atoms with van der Waals surface area (Å²) in [6.07, 6.45) is -0.0766. The zero-order valence-electron chi connectivity index (χ0n) is 9.82. The van der Waals surface area contributed by atoms with Gasteiger partial charge in [0.15, 0.2) is 0 Å². The highest BCUT2D eigenvalue weighted by Crippen LogP contribution is 2.18. The lowest BCUT2D eigenvalue weighted by Gasteiger charge is -2.13. The van der Waals surface area contributed by atoms with E-state index < -0.39 is 0 Å². The molecule has 0 aliphatic rings.